The van der Waals surface area contributed by atoms with Gasteiger partial charge in [-0.25, -0.2) is 9.97 Å². The fourth-order valence-electron chi connectivity index (χ4n) is 3.96. The van der Waals surface area contributed by atoms with Crippen molar-refractivity contribution in [3.05, 3.63) is 30.0 Å². The summed E-state index contributed by atoms with van der Waals surface area (Å²) in [6.45, 7) is 5.52. The molecule has 0 radical (unpaired) electrons. The van der Waals surface area contributed by atoms with Crippen molar-refractivity contribution in [3.8, 4) is 11.6 Å². The van der Waals surface area contributed by atoms with Gasteiger partial charge < -0.3 is 30.3 Å². The number of amides is 1. The fourth-order valence-corrected chi connectivity index (χ4v) is 3.96. The molecule has 1 atom stereocenters. The summed E-state index contributed by atoms with van der Waals surface area (Å²) in [6, 6.07) is 5.73. The molecule has 1 amide bonds. The number of pyridine rings is 1. The number of rotatable bonds is 4. The molecule has 0 spiro atoms. The number of aromatic amines is 1. The van der Waals surface area contributed by atoms with Crippen molar-refractivity contribution in [1.29, 1.82) is 0 Å². The second-order valence-electron chi connectivity index (χ2n) is 7.53. The second kappa shape index (κ2) is 7.84. The first-order valence-corrected chi connectivity index (χ1v) is 10.2. The third-order valence-electron chi connectivity index (χ3n) is 5.52. The van der Waals surface area contributed by atoms with Crippen molar-refractivity contribution in [2.75, 3.05) is 44.2 Å². The maximum Gasteiger partial charge on any atom is 0.253 e. The lowest BCUT2D eigenvalue weighted by molar-refractivity contribution is 0.0932. The summed E-state index contributed by atoms with van der Waals surface area (Å²) in [5, 5.41) is 9.75. The van der Waals surface area contributed by atoms with Crippen molar-refractivity contribution in [3.63, 3.8) is 0 Å². The summed E-state index contributed by atoms with van der Waals surface area (Å²) in [7, 11) is 0. The average molecular weight is 395 g/mol. The zero-order valence-electron chi connectivity index (χ0n) is 16.2. The minimum atomic E-state index is -0.120. The van der Waals surface area contributed by atoms with Gasteiger partial charge in [0.05, 0.1) is 5.56 Å². The molecule has 9 heteroatoms. The summed E-state index contributed by atoms with van der Waals surface area (Å²) in [5.74, 6) is 1.93. The maximum atomic E-state index is 12.8. The van der Waals surface area contributed by atoms with Gasteiger partial charge in [0.2, 0.25) is 0 Å². The van der Waals surface area contributed by atoms with Crippen molar-refractivity contribution >= 4 is 23.0 Å². The number of aromatic nitrogens is 3. The minimum absolute atomic E-state index is 0.120. The number of furan rings is 1. The predicted octanol–water partition coefficient (Wildman–Crippen LogP) is 1.11. The molecule has 29 heavy (non-hydrogen) atoms. The molecule has 2 fully saturated rings. The van der Waals surface area contributed by atoms with Gasteiger partial charge in [-0.2, -0.15) is 0 Å². The number of fused-ring (bicyclic) bond motifs is 1. The van der Waals surface area contributed by atoms with E-state index in [1.54, 1.807) is 12.3 Å². The second-order valence-corrected chi connectivity index (χ2v) is 7.53. The molecule has 2 saturated heterocycles. The van der Waals surface area contributed by atoms with E-state index in [-0.39, 0.29) is 11.9 Å². The van der Waals surface area contributed by atoms with Crippen LogP contribution in [-0.2, 0) is 0 Å². The van der Waals surface area contributed by atoms with E-state index in [1.165, 1.54) is 0 Å². The minimum Gasteiger partial charge on any atom is -0.437 e. The van der Waals surface area contributed by atoms with Crippen LogP contribution in [0.5, 0.6) is 0 Å². The van der Waals surface area contributed by atoms with Crippen LogP contribution in [0.1, 0.15) is 23.2 Å². The standard InChI is InChI=1S/C20H25N7O2/c28-20(24-13-2-1-6-22-12-13)14-5-7-23-19-17(14)25-18(26-19)15-3-4-16(29-15)27-10-8-21-9-11-27/h3-5,7,13,21-22H,1-2,6,8-12H2,(H,24,28)(H,23,25,26). The van der Waals surface area contributed by atoms with Crippen LogP contribution in [0.4, 0.5) is 5.88 Å². The van der Waals surface area contributed by atoms with Crippen molar-refractivity contribution < 1.29 is 9.21 Å². The van der Waals surface area contributed by atoms with Gasteiger partial charge in [-0.1, -0.05) is 0 Å². The molecule has 152 valence electrons. The first-order valence-electron chi connectivity index (χ1n) is 10.2. The van der Waals surface area contributed by atoms with Crippen LogP contribution in [0.15, 0.2) is 28.8 Å². The Morgan fingerprint density at radius 1 is 1.17 bits per heavy atom. The van der Waals surface area contributed by atoms with Gasteiger partial charge in [0, 0.05) is 51.0 Å². The molecule has 2 aliphatic rings. The summed E-state index contributed by atoms with van der Waals surface area (Å²) in [5.41, 5.74) is 1.66. The number of piperidine rings is 1. The van der Waals surface area contributed by atoms with Gasteiger partial charge in [-0.05, 0) is 31.5 Å². The molecule has 4 N–H and O–H groups in total. The molecule has 2 aliphatic heterocycles. The summed E-state index contributed by atoms with van der Waals surface area (Å²) < 4.78 is 6.03. The van der Waals surface area contributed by atoms with E-state index in [0.717, 1.165) is 58.0 Å². The van der Waals surface area contributed by atoms with Crippen molar-refractivity contribution in [1.82, 2.24) is 30.9 Å². The molecule has 0 bridgehead atoms. The number of nitrogens with zero attached hydrogens (tertiary/aromatic N) is 3. The smallest absolute Gasteiger partial charge is 0.253 e. The topological polar surface area (TPSA) is 111 Å². The van der Waals surface area contributed by atoms with Crippen LogP contribution in [0.25, 0.3) is 22.7 Å². The SMILES string of the molecule is O=C(NC1CCCNC1)c1ccnc2[nH]c(-c3ccc(N4CCNCC4)o3)nc12. The lowest BCUT2D eigenvalue weighted by Crippen LogP contribution is -2.45. The molecule has 1 unspecified atom stereocenters. The molecule has 9 nitrogen and oxygen atoms in total. The van der Waals surface area contributed by atoms with Crippen molar-refractivity contribution in [2.45, 2.75) is 18.9 Å². The summed E-state index contributed by atoms with van der Waals surface area (Å²) in [6.07, 6.45) is 3.68. The molecule has 5 heterocycles. The van der Waals surface area contributed by atoms with E-state index >= 15 is 0 Å². The van der Waals surface area contributed by atoms with Gasteiger partial charge in [0.25, 0.3) is 5.91 Å². The molecule has 3 aromatic heterocycles. The Balaban J connectivity index is 1.40. The molecule has 0 saturated carbocycles. The predicted molar refractivity (Wildman–Crippen MR) is 110 cm³/mol. The number of H-pyrrole nitrogens is 1. The highest BCUT2D eigenvalue weighted by Crippen LogP contribution is 2.27. The van der Waals surface area contributed by atoms with Gasteiger partial charge in [0.1, 0.15) is 5.52 Å². The number of nitrogens with one attached hydrogen (secondary N) is 4. The van der Waals surface area contributed by atoms with Gasteiger partial charge in [-0.15, -0.1) is 0 Å². The fraction of sp³-hybridized carbons (Fsp3) is 0.450. The Morgan fingerprint density at radius 3 is 2.90 bits per heavy atom. The average Bonchev–Trinajstić information content (AvgIpc) is 3.42. The first kappa shape index (κ1) is 18.1. The van der Waals surface area contributed by atoms with Gasteiger partial charge >= 0.3 is 0 Å². The number of hydrogen-bond donors (Lipinski definition) is 4. The van der Waals surface area contributed by atoms with Crippen LogP contribution in [0.3, 0.4) is 0 Å². The maximum absolute atomic E-state index is 12.8. The third kappa shape index (κ3) is 3.70. The summed E-state index contributed by atoms with van der Waals surface area (Å²) in [4.78, 5) is 27.2. The molecule has 0 aromatic carbocycles. The molecule has 0 aliphatic carbocycles. The van der Waals surface area contributed by atoms with Crippen molar-refractivity contribution in [2.24, 2.45) is 0 Å². The molecular formula is C20H25N7O2. The van der Waals surface area contributed by atoms with E-state index in [1.807, 2.05) is 12.1 Å². The largest absolute Gasteiger partial charge is 0.437 e. The Hall–Kier alpha value is -2.91. The Labute approximate surface area is 168 Å². The number of anilines is 1. The van der Waals surface area contributed by atoms with E-state index in [9.17, 15) is 4.79 Å². The van der Waals surface area contributed by atoms with E-state index in [0.29, 0.717) is 28.3 Å². The Morgan fingerprint density at radius 2 is 2.07 bits per heavy atom. The zero-order chi connectivity index (χ0) is 19.6. The molecule has 3 aromatic rings. The quantitative estimate of drug-likeness (QED) is 0.524. The monoisotopic (exact) mass is 395 g/mol. The number of hydrogen-bond acceptors (Lipinski definition) is 7. The highest BCUT2D eigenvalue weighted by atomic mass is 16.4. The van der Waals surface area contributed by atoms with Crippen LogP contribution >= 0.6 is 0 Å². The normalized spacial score (nSPS) is 20.1. The van der Waals surface area contributed by atoms with Crippen LogP contribution in [-0.4, -0.2) is 66.2 Å². The lowest BCUT2D eigenvalue weighted by Gasteiger charge is -2.26. The van der Waals surface area contributed by atoms with E-state index in [2.05, 4.69) is 35.8 Å². The number of carbonyl (C=O) groups is 1. The third-order valence-corrected chi connectivity index (χ3v) is 5.52. The highest BCUT2D eigenvalue weighted by Gasteiger charge is 2.21. The van der Waals surface area contributed by atoms with Gasteiger partial charge in [-0.3, -0.25) is 4.79 Å². The molecular weight excluding hydrogens is 370 g/mol. The molecule has 5 rings (SSSR count). The van der Waals surface area contributed by atoms with Gasteiger partial charge in [0.15, 0.2) is 23.1 Å². The zero-order valence-corrected chi connectivity index (χ0v) is 16.2. The van der Waals surface area contributed by atoms with Crippen LogP contribution in [0, 0.1) is 0 Å². The highest BCUT2D eigenvalue weighted by molar-refractivity contribution is 6.04. The number of imidazole rings is 1. The number of carbonyl (C=O) groups excluding carboxylic acids is 1. The number of piperazine rings is 1. The van der Waals surface area contributed by atoms with Crippen LogP contribution < -0.4 is 20.9 Å². The Bertz CT molecular complexity index is 999. The van der Waals surface area contributed by atoms with E-state index in [4.69, 9.17) is 4.42 Å². The van der Waals surface area contributed by atoms with Crippen LogP contribution in [0.2, 0.25) is 0 Å². The lowest BCUT2D eigenvalue weighted by atomic mass is 10.1. The summed E-state index contributed by atoms with van der Waals surface area (Å²) >= 11 is 0. The Kier molecular flexibility index (Phi) is 4.91. The first-order chi connectivity index (χ1) is 14.3. The van der Waals surface area contributed by atoms with E-state index < -0.39 is 0 Å².